The van der Waals surface area contributed by atoms with Crippen LogP contribution in [0.25, 0.3) is 0 Å². The van der Waals surface area contributed by atoms with E-state index >= 15 is 0 Å². The van der Waals surface area contributed by atoms with Crippen LogP contribution in [0.5, 0.6) is 0 Å². The van der Waals surface area contributed by atoms with E-state index < -0.39 is 13.4 Å². The van der Waals surface area contributed by atoms with Gasteiger partial charge < -0.3 is 20.2 Å². The third kappa shape index (κ3) is 5.69. The maximum absolute atomic E-state index is 10.6. The molecule has 0 saturated carbocycles. The van der Waals surface area contributed by atoms with Gasteiger partial charge in [-0.25, -0.2) is 0 Å². The minimum atomic E-state index is -3.98. The highest BCUT2D eigenvalue weighted by Crippen LogP contribution is 2.38. The molecule has 1 unspecified atom stereocenters. The summed E-state index contributed by atoms with van der Waals surface area (Å²) >= 11 is 0. The molecule has 0 spiro atoms. The van der Waals surface area contributed by atoms with Gasteiger partial charge in [0.05, 0.1) is 0 Å². The molecule has 4 N–H and O–H groups in total. The summed E-state index contributed by atoms with van der Waals surface area (Å²) in [5, 5.41) is 11.1. The van der Waals surface area contributed by atoms with Gasteiger partial charge >= 0.3 is 7.60 Å². The molecule has 0 fully saturated rings. The van der Waals surface area contributed by atoms with Crippen LogP contribution < -0.4 is 5.32 Å². The van der Waals surface area contributed by atoms with Gasteiger partial charge in [-0.1, -0.05) is 0 Å². The number of hydrogen-bond acceptors (Lipinski definition) is 3. The van der Waals surface area contributed by atoms with Crippen LogP contribution in [0.15, 0.2) is 0 Å². The van der Waals surface area contributed by atoms with Crippen molar-refractivity contribution in [2.24, 2.45) is 0 Å². The van der Waals surface area contributed by atoms with Crippen molar-refractivity contribution in [2.45, 2.75) is 25.5 Å². The fourth-order valence-electron chi connectivity index (χ4n) is 0.667. The number of unbranched alkanes of at least 4 members (excludes halogenated alkanes) is 1. The molecule has 0 aliphatic carbocycles. The topological polar surface area (TPSA) is 89.8 Å². The molecule has 0 rings (SSSR count). The Kier molecular flexibility index (Phi) is 5.70. The van der Waals surface area contributed by atoms with E-state index in [0.29, 0.717) is 13.0 Å². The van der Waals surface area contributed by atoms with E-state index in [1.54, 1.807) is 0 Å². The second-order valence-electron chi connectivity index (χ2n) is 2.65. The Labute approximate surface area is 72.0 Å². The molecule has 0 heterocycles. The quantitative estimate of drug-likeness (QED) is 0.352. The lowest BCUT2D eigenvalue weighted by atomic mass is 10.3. The van der Waals surface area contributed by atoms with Crippen molar-refractivity contribution < 1.29 is 19.5 Å². The van der Waals surface area contributed by atoms with Gasteiger partial charge in [0.1, 0.15) is 5.78 Å². The van der Waals surface area contributed by atoms with Crippen LogP contribution >= 0.6 is 7.60 Å². The van der Waals surface area contributed by atoms with Crippen molar-refractivity contribution in [3.05, 3.63) is 0 Å². The van der Waals surface area contributed by atoms with Gasteiger partial charge in [-0.15, -0.1) is 0 Å². The summed E-state index contributed by atoms with van der Waals surface area (Å²) < 4.78 is 10.6. The molecule has 0 aromatic rings. The van der Waals surface area contributed by atoms with Gasteiger partial charge in [-0.3, -0.25) is 4.57 Å². The lowest BCUT2D eigenvalue weighted by molar-refractivity contribution is 0.283. The second kappa shape index (κ2) is 5.67. The highest BCUT2D eigenvalue weighted by molar-refractivity contribution is 7.52. The Morgan fingerprint density at radius 3 is 2.42 bits per heavy atom. The van der Waals surface area contributed by atoms with Crippen LogP contribution in [0, 0.1) is 0 Å². The van der Waals surface area contributed by atoms with Crippen molar-refractivity contribution in [1.29, 1.82) is 0 Å². The molecule has 1 atom stereocenters. The Hall–Kier alpha value is 0.0700. The lowest BCUT2D eigenvalue weighted by Crippen LogP contribution is -2.26. The zero-order valence-electron chi connectivity index (χ0n) is 7.10. The van der Waals surface area contributed by atoms with Crippen LogP contribution in [0.3, 0.4) is 0 Å². The lowest BCUT2D eigenvalue weighted by Gasteiger charge is -2.14. The smallest absolute Gasteiger partial charge is 0.342 e. The molecule has 0 aliphatic rings. The standard InChI is InChI=1S/C6H16NO4P/c1-6(12(9,10)11)7-4-2-3-5-8/h6-8H,2-5H2,1H3,(H2,9,10,11). The number of aliphatic hydroxyl groups excluding tert-OH is 1. The molecule has 12 heavy (non-hydrogen) atoms. The SMILES string of the molecule is CC(NCCCCO)P(=O)(O)O. The molecule has 74 valence electrons. The molecular formula is C6H16NO4P. The van der Waals surface area contributed by atoms with Crippen molar-refractivity contribution >= 4 is 7.60 Å². The van der Waals surface area contributed by atoms with Crippen LogP contribution in [0.2, 0.25) is 0 Å². The van der Waals surface area contributed by atoms with Crippen LogP contribution in [0.1, 0.15) is 19.8 Å². The minimum Gasteiger partial charge on any atom is -0.396 e. The fraction of sp³-hybridized carbons (Fsp3) is 1.00. The van der Waals surface area contributed by atoms with E-state index in [4.69, 9.17) is 14.9 Å². The first kappa shape index (κ1) is 12.1. The first-order chi connectivity index (χ1) is 5.48. The summed E-state index contributed by atoms with van der Waals surface area (Å²) in [6, 6.07) is 0. The van der Waals surface area contributed by atoms with E-state index in [0.717, 1.165) is 6.42 Å². The van der Waals surface area contributed by atoms with Crippen molar-refractivity contribution in [2.75, 3.05) is 13.2 Å². The molecule has 6 heteroatoms. The maximum Gasteiger partial charge on any atom is 0.342 e. The summed E-state index contributed by atoms with van der Waals surface area (Å²) in [4.78, 5) is 17.3. The summed E-state index contributed by atoms with van der Waals surface area (Å²) in [7, 11) is -3.98. The summed E-state index contributed by atoms with van der Waals surface area (Å²) in [5.41, 5.74) is 0. The van der Waals surface area contributed by atoms with Crippen LogP contribution in [0.4, 0.5) is 0 Å². The van der Waals surface area contributed by atoms with Crippen molar-refractivity contribution in [1.82, 2.24) is 5.32 Å². The third-order valence-corrected chi connectivity index (χ3v) is 2.72. The molecule has 0 aliphatic heterocycles. The van der Waals surface area contributed by atoms with Crippen LogP contribution in [-0.4, -0.2) is 33.8 Å². The molecule has 0 aromatic carbocycles. The normalized spacial score (nSPS) is 14.7. The molecular weight excluding hydrogens is 181 g/mol. The first-order valence-electron chi connectivity index (χ1n) is 3.88. The molecule has 0 bridgehead atoms. The predicted molar refractivity (Wildman–Crippen MR) is 45.8 cm³/mol. The van der Waals surface area contributed by atoms with E-state index in [-0.39, 0.29) is 6.61 Å². The summed E-state index contributed by atoms with van der Waals surface area (Å²) in [6.07, 6.45) is 1.38. The maximum atomic E-state index is 10.6. The number of aliphatic hydroxyl groups is 1. The largest absolute Gasteiger partial charge is 0.396 e. The van der Waals surface area contributed by atoms with Crippen LogP contribution in [-0.2, 0) is 4.57 Å². The van der Waals surface area contributed by atoms with E-state index in [9.17, 15) is 4.57 Å². The Balaban J connectivity index is 3.45. The van der Waals surface area contributed by atoms with E-state index in [2.05, 4.69) is 5.32 Å². The van der Waals surface area contributed by atoms with Gasteiger partial charge in [0.2, 0.25) is 0 Å². The summed E-state index contributed by atoms with van der Waals surface area (Å²) in [6.45, 7) is 2.08. The van der Waals surface area contributed by atoms with Gasteiger partial charge in [0.15, 0.2) is 0 Å². The van der Waals surface area contributed by atoms with Gasteiger partial charge in [-0.05, 0) is 26.3 Å². The van der Waals surface area contributed by atoms with E-state index in [1.807, 2.05) is 0 Å². The Bertz CT molecular complexity index is 158. The van der Waals surface area contributed by atoms with Gasteiger partial charge in [0.25, 0.3) is 0 Å². The number of rotatable bonds is 6. The van der Waals surface area contributed by atoms with Crippen molar-refractivity contribution in [3.63, 3.8) is 0 Å². The third-order valence-electron chi connectivity index (χ3n) is 1.53. The molecule has 5 nitrogen and oxygen atoms in total. The van der Waals surface area contributed by atoms with Crippen molar-refractivity contribution in [3.8, 4) is 0 Å². The first-order valence-corrected chi connectivity index (χ1v) is 5.56. The minimum absolute atomic E-state index is 0.117. The average molecular weight is 197 g/mol. The highest BCUT2D eigenvalue weighted by atomic mass is 31.2. The zero-order chi connectivity index (χ0) is 9.61. The Morgan fingerprint density at radius 2 is 2.00 bits per heavy atom. The molecule has 0 radical (unpaired) electrons. The summed E-state index contributed by atoms with van der Waals surface area (Å²) in [5.74, 6) is -0.795. The average Bonchev–Trinajstić information content (AvgIpc) is 1.96. The highest BCUT2D eigenvalue weighted by Gasteiger charge is 2.22. The monoisotopic (exact) mass is 197 g/mol. The Morgan fingerprint density at radius 1 is 1.42 bits per heavy atom. The van der Waals surface area contributed by atoms with Gasteiger partial charge in [0, 0.05) is 6.61 Å². The molecule has 0 aromatic heterocycles. The molecule has 0 saturated heterocycles. The zero-order valence-corrected chi connectivity index (χ0v) is 8.00. The predicted octanol–water partition coefficient (Wildman–Crippen LogP) is -0.128. The second-order valence-corrected chi connectivity index (χ2v) is 4.60. The fourth-order valence-corrected chi connectivity index (χ4v) is 1.03. The number of nitrogens with one attached hydrogen (secondary N) is 1. The van der Waals surface area contributed by atoms with E-state index in [1.165, 1.54) is 6.92 Å². The number of hydrogen-bond donors (Lipinski definition) is 4. The molecule has 0 amide bonds. The van der Waals surface area contributed by atoms with Gasteiger partial charge in [-0.2, -0.15) is 0 Å².